The Kier molecular flexibility index (Phi) is 8.39. The van der Waals surface area contributed by atoms with Gasteiger partial charge in [0.25, 0.3) is 0 Å². The van der Waals surface area contributed by atoms with Crippen LogP contribution in [0.25, 0.3) is 0 Å². The zero-order chi connectivity index (χ0) is 14.2. The van der Waals surface area contributed by atoms with Crippen LogP contribution in [0.2, 0.25) is 0 Å². The van der Waals surface area contributed by atoms with Crippen LogP contribution in [0.15, 0.2) is 0 Å². The number of thioether (sulfide) groups is 1. The third-order valence-corrected chi connectivity index (χ3v) is 3.02. The predicted octanol–water partition coefficient (Wildman–Crippen LogP) is 1.13. The zero-order valence-corrected chi connectivity index (χ0v) is 13.0. The summed E-state index contributed by atoms with van der Waals surface area (Å²) < 4.78 is 5.18. The molecule has 108 valence electrons. The van der Waals surface area contributed by atoms with Gasteiger partial charge in [0.1, 0.15) is 5.60 Å². The quantitative estimate of drug-likeness (QED) is 0.730. The Labute approximate surface area is 115 Å². The molecule has 0 rings (SSSR count). The van der Waals surface area contributed by atoms with E-state index in [1.54, 1.807) is 11.8 Å². The van der Waals surface area contributed by atoms with Crippen molar-refractivity contribution >= 4 is 17.9 Å². The molecule has 1 atom stereocenters. The Balaban J connectivity index is 4.03. The second-order valence-corrected chi connectivity index (χ2v) is 6.23. The Morgan fingerprint density at radius 3 is 2.56 bits per heavy atom. The highest BCUT2D eigenvalue weighted by Crippen LogP contribution is 2.06. The summed E-state index contributed by atoms with van der Waals surface area (Å²) in [5, 5.41) is 2.76. The summed E-state index contributed by atoms with van der Waals surface area (Å²) in [4.78, 5) is 13.7. The van der Waals surface area contributed by atoms with Crippen LogP contribution in [0.1, 0.15) is 20.8 Å². The molecule has 0 bridgehead atoms. The van der Waals surface area contributed by atoms with Crippen molar-refractivity contribution in [1.82, 2.24) is 10.2 Å². The second kappa shape index (κ2) is 8.61. The lowest BCUT2D eigenvalue weighted by Crippen LogP contribution is -2.47. The van der Waals surface area contributed by atoms with Gasteiger partial charge in [-0.3, -0.25) is 4.90 Å². The highest BCUT2D eigenvalue weighted by atomic mass is 32.2. The van der Waals surface area contributed by atoms with Gasteiger partial charge in [-0.25, -0.2) is 4.79 Å². The molecule has 18 heavy (non-hydrogen) atoms. The van der Waals surface area contributed by atoms with E-state index in [2.05, 4.69) is 16.5 Å². The fourth-order valence-electron chi connectivity index (χ4n) is 1.35. The Hall–Kier alpha value is -0.460. The SMILES string of the molecule is CSCCN(C)C(CN)CNC(=O)OC(C)(C)C. The van der Waals surface area contributed by atoms with Crippen molar-refractivity contribution in [2.24, 2.45) is 5.73 Å². The Morgan fingerprint density at radius 1 is 1.50 bits per heavy atom. The van der Waals surface area contributed by atoms with Crippen molar-refractivity contribution in [3.8, 4) is 0 Å². The number of rotatable bonds is 7. The molecule has 0 heterocycles. The predicted molar refractivity (Wildman–Crippen MR) is 78.1 cm³/mol. The minimum absolute atomic E-state index is 0.143. The molecular weight excluding hydrogens is 250 g/mol. The number of hydrogen-bond donors (Lipinski definition) is 2. The zero-order valence-electron chi connectivity index (χ0n) is 12.2. The first-order valence-corrected chi connectivity index (χ1v) is 7.55. The number of amides is 1. The van der Waals surface area contributed by atoms with E-state index in [-0.39, 0.29) is 12.1 Å². The van der Waals surface area contributed by atoms with Crippen molar-refractivity contribution in [2.45, 2.75) is 32.4 Å². The molecular formula is C12H27N3O2S. The molecule has 0 saturated heterocycles. The lowest BCUT2D eigenvalue weighted by atomic mass is 10.2. The van der Waals surface area contributed by atoms with E-state index < -0.39 is 5.60 Å². The van der Waals surface area contributed by atoms with Gasteiger partial charge in [-0.15, -0.1) is 0 Å². The fraction of sp³-hybridized carbons (Fsp3) is 0.917. The summed E-state index contributed by atoms with van der Waals surface area (Å²) in [5.74, 6) is 1.05. The molecule has 0 aliphatic heterocycles. The van der Waals surface area contributed by atoms with Gasteiger partial charge >= 0.3 is 6.09 Å². The van der Waals surface area contributed by atoms with Gasteiger partial charge in [0.2, 0.25) is 0 Å². The largest absolute Gasteiger partial charge is 0.444 e. The first-order valence-electron chi connectivity index (χ1n) is 6.16. The van der Waals surface area contributed by atoms with Gasteiger partial charge in [0, 0.05) is 31.4 Å². The molecule has 1 unspecified atom stereocenters. The summed E-state index contributed by atoms with van der Waals surface area (Å²) in [6, 6.07) is 0.143. The van der Waals surface area contributed by atoms with Crippen LogP contribution in [0.4, 0.5) is 4.79 Å². The number of carbonyl (C=O) groups is 1. The average Bonchev–Trinajstić information content (AvgIpc) is 2.24. The van der Waals surface area contributed by atoms with Crippen LogP contribution in [-0.4, -0.2) is 61.3 Å². The topological polar surface area (TPSA) is 67.6 Å². The molecule has 5 nitrogen and oxygen atoms in total. The number of hydrogen-bond acceptors (Lipinski definition) is 5. The van der Waals surface area contributed by atoms with Crippen LogP contribution in [-0.2, 0) is 4.74 Å². The van der Waals surface area contributed by atoms with Crippen molar-refractivity contribution in [3.63, 3.8) is 0 Å². The maximum atomic E-state index is 11.5. The summed E-state index contributed by atoms with van der Waals surface area (Å²) in [7, 11) is 2.02. The standard InChI is InChI=1S/C12H27N3O2S/c1-12(2,3)17-11(16)14-9-10(8-13)15(4)6-7-18-5/h10H,6-9,13H2,1-5H3,(H,14,16). The molecule has 3 N–H and O–H groups in total. The minimum atomic E-state index is -0.465. The summed E-state index contributed by atoms with van der Waals surface area (Å²) in [6.45, 7) is 7.52. The smallest absolute Gasteiger partial charge is 0.407 e. The van der Waals surface area contributed by atoms with Crippen LogP contribution in [0.3, 0.4) is 0 Å². The molecule has 0 saturated carbocycles. The Morgan fingerprint density at radius 2 is 2.11 bits per heavy atom. The number of likely N-dealkylation sites (N-methyl/N-ethyl adjacent to an activating group) is 1. The lowest BCUT2D eigenvalue weighted by molar-refractivity contribution is 0.0513. The van der Waals surface area contributed by atoms with E-state index in [0.717, 1.165) is 12.3 Å². The third kappa shape index (κ3) is 8.60. The van der Waals surface area contributed by atoms with Crippen molar-refractivity contribution in [3.05, 3.63) is 0 Å². The van der Waals surface area contributed by atoms with Crippen LogP contribution < -0.4 is 11.1 Å². The van der Waals surface area contributed by atoms with Crippen molar-refractivity contribution in [2.75, 3.05) is 38.7 Å². The van der Waals surface area contributed by atoms with Gasteiger partial charge in [0.15, 0.2) is 0 Å². The Bertz CT molecular complexity index is 244. The van der Waals surface area contributed by atoms with E-state index in [0.29, 0.717) is 13.1 Å². The highest BCUT2D eigenvalue weighted by molar-refractivity contribution is 7.98. The van der Waals surface area contributed by atoms with E-state index >= 15 is 0 Å². The van der Waals surface area contributed by atoms with Crippen molar-refractivity contribution < 1.29 is 9.53 Å². The van der Waals surface area contributed by atoms with Crippen LogP contribution >= 0.6 is 11.8 Å². The van der Waals surface area contributed by atoms with Gasteiger partial charge < -0.3 is 15.8 Å². The number of nitrogens with two attached hydrogens (primary N) is 1. The lowest BCUT2D eigenvalue weighted by Gasteiger charge is -2.27. The molecule has 0 aromatic heterocycles. The number of ether oxygens (including phenoxy) is 1. The van der Waals surface area contributed by atoms with Gasteiger partial charge in [-0.05, 0) is 34.1 Å². The molecule has 0 aliphatic rings. The molecule has 0 spiro atoms. The van der Waals surface area contributed by atoms with E-state index in [9.17, 15) is 4.79 Å². The van der Waals surface area contributed by atoms with Gasteiger partial charge in [-0.2, -0.15) is 11.8 Å². The highest BCUT2D eigenvalue weighted by Gasteiger charge is 2.18. The summed E-state index contributed by atoms with van der Waals surface area (Å²) in [5.41, 5.74) is 5.25. The van der Waals surface area contributed by atoms with Crippen LogP contribution in [0, 0.1) is 0 Å². The van der Waals surface area contributed by atoms with Gasteiger partial charge in [0.05, 0.1) is 0 Å². The molecule has 0 aromatic carbocycles. The molecule has 1 amide bonds. The second-order valence-electron chi connectivity index (χ2n) is 5.25. The first-order chi connectivity index (χ1) is 8.30. The minimum Gasteiger partial charge on any atom is -0.444 e. The number of nitrogens with zero attached hydrogens (tertiary/aromatic N) is 1. The molecule has 0 fully saturated rings. The van der Waals surface area contributed by atoms with Gasteiger partial charge in [-0.1, -0.05) is 0 Å². The van der Waals surface area contributed by atoms with E-state index in [4.69, 9.17) is 10.5 Å². The van der Waals surface area contributed by atoms with E-state index in [1.165, 1.54) is 0 Å². The molecule has 0 aliphatic carbocycles. The maximum Gasteiger partial charge on any atom is 0.407 e. The first kappa shape index (κ1) is 17.5. The third-order valence-electron chi connectivity index (χ3n) is 2.42. The number of alkyl carbamates (subject to hydrolysis) is 1. The number of nitrogens with one attached hydrogen (secondary N) is 1. The summed E-state index contributed by atoms with van der Waals surface area (Å²) >= 11 is 1.80. The molecule has 0 radical (unpaired) electrons. The fourth-order valence-corrected chi connectivity index (χ4v) is 1.82. The maximum absolute atomic E-state index is 11.5. The molecule has 6 heteroatoms. The average molecular weight is 277 g/mol. The number of carbonyl (C=O) groups excluding carboxylic acids is 1. The summed E-state index contributed by atoms with van der Waals surface area (Å²) in [6.07, 6.45) is 1.68. The monoisotopic (exact) mass is 277 g/mol. The normalized spacial score (nSPS) is 13.5. The van der Waals surface area contributed by atoms with Crippen LogP contribution in [0.5, 0.6) is 0 Å². The molecule has 0 aromatic rings. The van der Waals surface area contributed by atoms with E-state index in [1.807, 2.05) is 27.8 Å². The van der Waals surface area contributed by atoms with Crippen molar-refractivity contribution in [1.29, 1.82) is 0 Å².